The number of nitrogens with zero attached hydrogens (tertiary/aromatic N) is 3. The van der Waals surface area contributed by atoms with Crippen molar-refractivity contribution in [3.63, 3.8) is 0 Å². The molecule has 2 aromatic rings. The molecular formula is C25H31N3O3. The minimum absolute atomic E-state index is 0.0525. The number of piperazine rings is 1. The predicted molar refractivity (Wildman–Crippen MR) is 118 cm³/mol. The third-order valence-electron chi connectivity index (χ3n) is 7.66. The van der Waals surface area contributed by atoms with Crippen LogP contribution in [-0.4, -0.2) is 72.8 Å². The molecule has 1 atom stereocenters. The van der Waals surface area contributed by atoms with E-state index in [1.807, 2.05) is 9.80 Å². The van der Waals surface area contributed by atoms with Crippen LogP contribution in [0, 0.1) is 0 Å². The first-order valence-corrected chi connectivity index (χ1v) is 11.4. The zero-order valence-corrected chi connectivity index (χ0v) is 18.3. The van der Waals surface area contributed by atoms with E-state index in [0.29, 0.717) is 12.0 Å². The lowest BCUT2D eigenvalue weighted by molar-refractivity contribution is -0.133. The lowest BCUT2D eigenvalue weighted by atomic mass is 9.73. The molecule has 0 saturated carbocycles. The molecule has 1 aromatic carbocycles. The number of likely N-dealkylation sites (N-methyl/N-ethyl adjacent to an activating group) is 1. The molecule has 1 aliphatic carbocycles. The van der Waals surface area contributed by atoms with Gasteiger partial charge < -0.3 is 19.1 Å². The number of carbonyl (C=O) groups excluding carboxylic acids is 2. The van der Waals surface area contributed by atoms with Gasteiger partial charge in [-0.25, -0.2) is 0 Å². The van der Waals surface area contributed by atoms with Crippen molar-refractivity contribution in [3.05, 3.63) is 59.5 Å². The Kier molecular flexibility index (Phi) is 5.34. The Labute approximate surface area is 183 Å². The number of hydrogen-bond acceptors (Lipinski definition) is 4. The van der Waals surface area contributed by atoms with E-state index < -0.39 is 0 Å². The van der Waals surface area contributed by atoms with E-state index in [0.717, 1.165) is 58.5 Å². The molecule has 0 radical (unpaired) electrons. The molecule has 2 amide bonds. The Bertz CT molecular complexity index is 939. The van der Waals surface area contributed by atoms with Gasteiger partial charge in [-0.1, -0.05) is 24.3 Å². The van der Waals surface area contributed by atoms with Crippen molar-refractivity contribution in [1.29, 1.82) is 0 Å². The third-order valence-corrected chi connectivity index (χ3v) is 7.66. The zero-order valence-electron chi connectivity index (χ0n) is 18.3. The molecule has 0 bridgehead atoms. The van der Waals surface area contributed by atoms with E-state index in [4.69, 9.17) is 4.42 Å². The lowest BCUT2D eigenvalue weighted by Crippen LogP contribution is -2.47. The van der Waals surface area contributed by atoms with Crippen LogP contribution in [0.2, 0.25) is 0 Å². The van der Waals surface area contributed by atoms with E-state index in [-0.39, 0.29) is 23.1 Å². The number of rotatable bonds is 3. The number of piperidine rings is 1. The highest BCUT2D eigenvalue weighted by molar-refractivity contribution is 5.93. The first-order valence-electron chi connectivity index (χ1n) is 11.4. The summed E-state index contributed by atoms with van der Waals surface area (Å²) >= 11 is 0. The standard InChI is InChI=1S/C25H31N3O3/c1-26-11-13-27(14-12-26)23(29)16-20-17-25(22-5-3-2-4-21(20)22)7-9-28(10-8-25)24(30)19-6-15-31-18-19/h2-6,15,18,20H,7-14,16-17H2,1H3/t20-/m1/s1. The van der Waals surface area contributed by atoms with Crippen molar-refractivity contribution in [2.75, 3.05) is 46.3 Å². The summed E-state index contributed by atoms with van der Waals surface area (Å²) in [5.41, 5.74) is 3.45. The Balaban J connectivity index is 1.29. The van der Waals surface area contributed by atoms with Crippen molar-refractivity contribution >= 4 is 11.8 Å². The SMILES string of the molecule is CN1CCN(C(=O)C[C@@H]2CC3(CCN(C(=O)c4ccoc4)CC3)c3ccccc32)CC1. The number of likely N-dealkylation sites (tertiary alicyclic amines) is 1. The van der Waals surface area contributed by atoms with E-state index in [9.17, 15) is 9.59 Å². The predicted octanol–water partition coefficient (Wildman–Crippen LogP) is 3.11. The number of fused-ring (bicyclic) bond motifs is 2. The Morgan fingerprint density at radius 2 is 1.74 bits per heavy atom. The van der Waals surface area contributed by atoms with Crippen molar-refractivity contribution < 1.29 is 14.0 Å². The van der Waals surface area contributed by atoms with Crippen molar-refractivity contribution in [2.24, 2.45) is 0 Å². The molecular weight excluding hydrogens is 390 g/mol. The van der Waals surface area contributed by atoms with Gasteiger partial charge in [-0.2, -0.15) is 0 Å². The molecule has 1 spiro atoms. The molecule has 3 aliphatic rings. The summed E-state index contributed by atoms with van der Waals surface area (Å²) in [5.74, 6) is 0.619. The first kappa shape index (κ1) is 20.3. The second-order valence-electron chi connectivity index (χ2n) is 9.46. The highest BCUT2D eigenvalue weighted by Gasteiger charge is 2.46. The lowest BCUT2D eigenvalue weighted by Gasteiger charge is -2.40. The molecule has 0 N–H and O–H groups in total. The van der Waals surface area contributed by atoms with Crippen LogP contribution in [0.5, 0.6) is 0 Å². The Morgan fingerprint density at radius 3 is 2.45 bits per heavy atom. The Hall–Kier alpha value is -2.60. The molecule has 164 valence electrons. The average Bonchev–Trinajstić information content (AvgIpc) is 3.43. The van der Waals surface area contributed by atoms with Gasteiger partial charge >= 0.3 is 0 Å². The third kappa shape index (κ3) is 3.78. The van der Waals surface area contributed by atoms with Gasteiger partial charge in [0.1, 0.15) is 6.26 Å². The second kappa shape index (κ2) is 8.15. The van der Waals surface area contributed by atoms with Crippen LogP contribution in [0.25, 0.3) is 0 Å². The number of carbonyl (C=O) groups is 2. The van der Waals surface area contributed by atoms with Crippen molar-refractivity contribution in [2.45, 2.75) is 37.0 Å². The molecule has 31 heavy (non-hydrogen) atoms. The maximum absolute atomic E-state index is 13.1. The molecule has 5 rings (SSSR count). The highest BCUT2D eigenvalue weighted by Crippen LogP contribution is 2.52. The van der Waals surface area contributed by atoms with Crippen molar-refractivity contribution in [3.8, 4) is 0 Å². The molecule has 2 saturated heterocycles. The normalized spacial score (nSPS) is 23.2. The van der Waals surface area contributed by atoms with Gasteiger partial charge in [0.05, 0.1) is 11.8 Å². The fraction of sp³-hybridized carbons (Fsp3) is 0.520. The smallest absolute Gasteiger partial charge is 0.257 e. The monoisotopic (exact) mass is 421 g/mol. The number of furan rings is 1. The molecule has 2 fully saturated rings. The summed E-state index contributed by atoms with van der Waals surface area (Å²) < 4.78 is 5.09. The molecule has 3 heterocycles. The largest absolute Gasteiger partial charge is 0.472 e. The van der Waals surface area contributed by atoms with Gasteiger partial charge in [0.25, 0.3) is 5.91 Å². The van der Waals surface area contributed by atoms with Gasteiger partial charge in [0, 0.05) is 45.7 Å². The van der Waals surface area contributed by atoms with Crippen LogP contribution in [0.1, 0.15) is 53.1 Å². The summed E-state index contributed by atoms with van der Waals surface area (Å²) in [7, 11) is 2.11. The average molecular weight is 422 g/mol. The minimum atomic E-state index is 0.0525. The van der Waals surface area contributed by atoms with Crippen LogP contribution in [-0.2, 0) is 10.2 Å². The van der Waals surface area contributed by atoms with Crippen LogP contribution in [0.3, 0.4) is 0 Å². The van der Waals surface area contributed by atoms with E-state index in [2.05, 4.69) is 36.2 Å². The summed E-state index contributed by atoms with van der Waals surface area (Å²) in [6.45, 7) is 5.07. The summed E-state index contributed by atoms with van der Waals surface area (Å²) in [4.78, 5) is 32.1. The van der Waals surface area contributed by atoms with Gasteiger partial charge in [-0.15, -0.1) is 0 Å². The first-order chi connectivity index (χ1) is 15.1. The maximum atomic E-state index is 13.1. The number of hydrogen-bond donors (Lipinski definition) is 0. The van der Waals surface area contributed by atoms with Crippen LogP contribution >= 0.6 is 0 Å². The fourth-order valence-corrected chi connectivity index (χ4v) is 5.79. The highest BCUT2D eigenvalue weighted by atomic mass is 16.3. The molecule has 1 aromatic heterocycles. The zero-order chi connectivity index (χ0) is 21.4. The molecule has 0 unspecified atom stereocenters. The van der Waals surface area contributed by atoms with Gasteiger partial charge in [0.2, 0.25) is 5.91 Å². The van der Waals surface area contributed by atoms with Gasteiger partial charge in [0.15, 0.2) is 0 Å². The van der Waals surface area contributed by atoms with Gasteiger partial charge in [-0.05, 0) is 54.8 Å². The number of amides is 2. The van der Waals surface area contributed by atoms with E-state index >= 15 is 0 Å². The number of benzene rings is 1. The van der Waals surface area contributed by atoms with E-state index in [1.54, 1.807) is 12.3 Å². The van der Waals surface area contributed by atoms with Crippen LogP contribution in [0.15, 0.2) is 47.3 Å². The maximum Gasteiger partial charge on any atom is 0.257 e. The van der Waals surface area contributed by atoms with Crippen LogP contribution in [0.4, 0.5) is 0 Å². The quantitative estimate of drug-likeness (QED) is 0.764. The van der Waals surface area contributed by atoms with E-state index in [1.165, 1.54) is 17.4 Å². The second-order valence-corrected chi connectivity index (χ2v) is 9.46. The molecule has 6 heteroatoms. The molecule has 2 aliphatic heterocycles. The summed E-state index contributed by atoms with van der Waals surface area (Å²) in [6, 6.07) is 10.4. The molecule has 6 nitrogen and oxygen atoms in total. The van der Waals surface area contributed by atoms with Gasteiger partial charge in [-0.3, -0.25) is 9.59 Å². The topological polar surface area (TPSA) is 57.0 Å². The van der Waals surface area contributed by atoms with Crippen LogP contribution < -0.4 is 0 Å². The van der Waals surface area contributed by atoms with Crippen molar-refractivity contribution in [1.82, 2.24) is 14.7 Å². The summed E-state index contributed by atoms with van der Waals surface area (Å²) in [5, 5.41) is 0. The Morgan fingerprint density at radius 1 is 1.00 bits per heavy atom. The summed E-state index contributed by atoms with van der Waals surface area (Å²) in [6.07, 6.45) is 6.59. The fourth-order valence-electron chi connectivity index (χ4n) is 5.79. The minimum Gasteiger partial charge on any atom is -0.472 e.